The van der Waals surface area contributed by atoms with Gasteiger partial charge in [0.2, 0.25) is 0 Å². The van der Waals surface area contributed by atoms with Crippen molar-refractivity contribution < 1.29 is 14.2 Å². The number of ether oxygens (including phenoxy) is 3. The Balaban J connectivity index is 1.75. The van der Waals surface area contributed by atoms with Gasteiger partial charge in [0.1, 0.15) is 13.2 Å². The number of anilines is 1. The number of nitrogens with one attached hydrogen (secondary N) is 1. The summed E-state index contributed by atoms with van der Waals surface area (Å²) in [5, 5.41) is 3.48. The molecule has 4 nitrogen and oxygen atoms in total. The van der Waals surface area contributed by atoms with Gasteiger partial charge in [0, 0.05) is 18.4 Å². The molecule has 0 aliphatic carbocycles. The van der Waals surface area contributed by atoms with E-state index in [9.17, 15) is 0 Å². The third kappa shape index (κ3) is 2.17. The van der Waals surface area contributed by atoms with Crippen LogP contribution in [0.2, 0.25) is 0 Å². The molecule has 0 aromatic heterocycles. The maximum absolute atomic E-state index is 5.56. The standard InChI is InChI=1S/C13H17NO3/c1-9-11(4-5-15-9)14-10-2-3-12-13(8-10)17-7-6-16-12/h2-3,8-9,11,14H,4-7H2,1H3. The number of fused-ring (bicyclic) bond motifs is 1. The van der Waals surface area contributed by atoms with E-state index >= 15 is 0 Å². The summed E-state index contributed by atoms with van der Waals surface area (Å²) in [4.78, 5) is 0. The van der Waals surface area contributed by atoms with Crippen LogP contribution in [0.5, 0.6) is 11.5 Å². The first-order valence-corrected chi connectivity index (χ1v) is 6.11. The number of benzene rings is 1. The van der Waals surface area contributed by atoms with Crippen LogP contribution in [0.4, 0.5) is 5.69 Å². The lowest BCUT2D eigenvalue weighted by atomic mass is 10.1. The van der Waals surface area contributed by atoms with Crippen LogP contribution in [0.15, 0.2) is 18.2 Å². The summed E-state index contributed by atoms with van der Waals surface area (Å²) < 4.78 is 16.6. The molecule has 1 N–H and O–H groups in total. The van der Waals surface area contributed by atoms with Gasteiger partial charge in [-0.1, -0.05) is 0 Å². The van der Waals surface area contributed by atoms with Gasteiger partial charge in [-0.05, 0) is 25.5 Å². The fourth-order valence-electron chi connectivity index (χ4n) is 2.27. The molecule has 1 aromatic carbocycles. The Morgan fingerprint density at radius 1 is 1.12 bits per heavy atom. The molecule has 2 aliphatic rings. The van der Waals surface area contributed by atoms with Crippen molar-refractivity contribution in [3.05, 3.63) is 18.2 Å². The Morgan fingerprint density at radius 3 is 2.71 bits per heavy atom. The van der Waals surface area contributed by atoms with Crippen molar-refractivity contribution in [2.24, 2.45) is 0 Å². The van der Waals surface area contributed by atoms with Crippen LogP contribution in [0.1, 0.15) is 13.3 Å². The molecular weight excluding hydrogens is 218 g/mol. The molecule has 1 fully saturated rings. The van der Waals surface area contributed by atoms with E-state index in [4.69, 9.17) is 14.2 Å². The van der Waals surface area contributed by atoms with E-state index in [0.29, 0.717) is 19.3 Å². The predicted molar refractivity (Wildman–Crippen MR) is 64.9 cm³/mol. The summed E-state index contributed by atoms with van der Waals surface area (Å²) in [7, 11) is 0. The van der Waals surface area contributed by atoms with Crippen molar-refractivity contribution in [2.45, 2.75) is 25.5 Å². The molecule has 2 atom stereocenters. The van der Waals surface area contributed by atoms with Gasteiger partial charge in [0.25, 0.3) is 0 Å². The average Bonchev–Trinajstić information content (AvgIpc) is 2.75. The summed E-state index contributed by atoms with van der Waals surface area (Å²) in [5.41, 5.74) is 1.07. The quantitative estimate of drug-likeness (QED) is 0.851. The van der Waals surface area contributed by atoms with Crippen LogP contribution in [0, 0.1) is 0 Å². The van der Waals surface area contributed by atoms with Crippen LogP contribution in [-0.4, -0.2) is 32.0 Å². The molecular formula is C13H17NO3. The molecule has 4 heteroatoms. The highest BCUT2D eigenvalue weighted by molar-refractivity contribution is 5.55. The zero-order valence-electron chi connectivity index (χ0n) is 9.94. The molecule has 3 rings (SSSR count). The lowest BCUT2D eigenvalue weighted by molar-refractivity contribution is 0.121. The third-order valence-electron chi connectivity index (χ3n) is 3.27. The molecule has 0 radical (unpaired) electrons. The molecule has 92 valence electrons. The monoisotopic (exact) mass is 235 g/mol. The summed E-state index contributed by atoms with van der Waals surface area (Å²) in [6.45, 7) is 4.19. The molecule has 0 saturated carbocycles. The highest BCUT2D eigenvalue weighted by Crippen LogP contribution is 2.33. The summed E-state index contributed by atoms with van der Waals surface area (Å²) >= 11 is 0. The molecule has 1 saturated heterocycles. The van der Waals surface area contributed by atoms with E-state index in [1.807, 2.05) is 18.2 Å². The molecule has 2 aliphatic heterocycles. The van der Waals surface area contributed by atoms with Gasteiger partial charge < -0.3 is 19.5 Å². The van der Waals surface area contributed by atoms with Gasteiger partial charge in [-0.2, -0.15) is 0 Å². The van der Waals surface area contributed by atoms with E-state index < -0.39 is 0 Å². The van der Waals surface area contributed by atoms with Gasteiger partial charge in [-0.3, -0.25) is 0 Å². The first kappa shape index (κ1) is 10.7. The number of rotatable bonds is 2. The minimum atomic E-state index is 0.267. The molecule has 17 heavy (non-hydrogen) atoms. The third-order valence-corrected chi connectivity index (χ3v) is 3.27. The lowest BCUT2D eigenvalue weighted by Gasteiger charge is -2.21. The molecule has 2 unspecified atom stereocenters. The molecule has 1 aromatic rings. The van der Waals surface area contributed by atoms with E-state index in [2.05, 4.69) is 12.2 Å². The van der Waals surface area contributed by atoms with Crippen molar-refractivity contribution in [1.82, 2.24) is 0 Å². The smallest absolute Gasteiger partial charge is 0.163 e. The topological polar surface area (TPSA) is 39.7 Å². The highest BCUT2D eigenvalue weighted by atomic mass is 16.6. The fourth-order valence-corrected chi connectivity index (χ4v) is 2.27. The normalized spacial score (nSPS) is 26.9. The van der Waals surface area contributed by atoms with Crippen LogP contribution in [0.3, 0.4) is 0 Å². The average molecular weight is 235 g/mol. The zero-order chi connectivity index (χ0) is 11.7. The minimum Gasteiger partial charge on any atom is -0.486 e. The SMILES string of the molecule is CC1OCCC1Nc1ccc2c(c1)OCCO2. The second-order valence-corrected chi connectivity index (χ2v) is 4.47. The van der Waals surface area contributed by atoms with Gasteiger partial charge in [-0.15, -0.1) is 0 Å². The van der Waals surface area contributed by atoms with Crippen molar-refractivity contribution in [3.63, 3.8) is 0 Å². The Hall–Kier alpha value is -1.42. The van der Waals surface area contributed by atoms with Crippen LogP contribution in [-0.2, 0) is 4.74 Å². The van der Waals surface area contributed by atoms with E-state index in [0.717, 1.165) is 30.2 Å². The second kappa shape index (κ2) is 4.45. The predicted octanol–water partition coefficient (Wildman–Crippen LogP) is 2.05. The maximum Gasteiger partial charge on any atom is 0.163 e. The Morgan fingerprint density at radius 2 is 1.94 bits per heavy atom. The van der Waals surface area contributed by atoms with Crippen molar-refractivity contribution in [1.29, 1.82) is 0 Å². The molecule has 0 amide bonds. The van der Waals surface area contributed by atoms with E-state index in [1.165, 1.54) is 0 Å². The minimum absolute atomic E-state index is 0.267. The van der Waals surface area contributed by atoms with Gasteiger partial charge in [0.05, 0.1) is 12.1 Å². The number of hydrogen-bond donors (Lipinski definition) is 1. The van der Waals surface area contributed by atoms with Crippen LogP contribution < -0.4 is 14.8 Å². The van der Waals surface area contributed by atoms with Crippen LogP contribution >= 0.6 is 0 Å². The fraction of sp³-hybridized carbons (Fsp3) is 0.538. The van der Waals surface area contributed by atoms with Crippen molar-refractivity contribution >= 4 is 5.69 Å². The second-order valence-electron chi connectivity index (χ2n) is 4.47. The van der Waals surface area contributed by atoms with Gasteiger partial charge in [-0.25, -0.2) is 0 Å². The first-order chi connectivity index (χ1) is 8.33. The lowest BCUT2D eigenvalue weighted by Crippen LogP contribution is -2.26. The van der Waals surface area contributed by atoms with Gasteiger partial charge >= 0.3 is 0 Å². The summed E-state index contributed by atoms with van der Waals surface area (Å²) in [5.74, 6) is 1.66. The summed E-state index contributed by atoms with van der Waals surface area (Å²) in [6, 6.07) is 6.37. The van der Waals surface area contributed by atoms with E-state index in [-0.39, 0.29) is 6.10 Å². The molecule has 2 heterocycles. The van der Waals surface area contributed by atoms with E-state index in [1.54, 1.807) is 0 Å². The van der Waals surface area contributed by atoms with Crippen LogP contribution in [0.25, 0.3) is 0 Å². The van der Waals surface area contributed by atoms with Crippen molar-refractivity contribution in [2.75, 3.05) is 25.1 Å². The Kier molecular flexibility index (Phi) is 2.81. The first-order valence-electron chi connectivity index (χ1n) is 6.11. The largest absolute Gasteiger partial charge is 0.486 e. The molecule has 0 spiro atoms. The highest BCUT2D eigenvalue weighted by Gasteiger charge is 2.24. The maximum atomic E-state index is 5.56. The summed E-state index contributed by atoms with van der Waals surface area (Å²) in [6.07, 6.45) is 1.32. The zero-order valence-corrected chi connectivity index (χ0v) is 9.94. The Labute approximate surface area is 101 Å². The Bertz CT molecular complexity index is 408. The molecule has 0 bridgehead atoms. The van der Waals surface area contributed by atoms with Crippen molar-refractivity contribution in [3.8, 4) is 11.5 Å². The van der Waals surface area contributed by atoms with Gasteiger partial charge in [0.15, 0.2) is 11.5 Å². The number of hydrogen-bond acceptors (Lipinski definition) is 4.